The zero-order valence-corrected chi connectivity index (χ0v) is 7.61. The van der Waals surface area contributed by atoms with Crippen molar-refractivity contribution in [2.75, 3.05) is 11.8 Å². The molecule has 10 heavy (non-hydrogen) atoms. The molecular weight excluding hydrogens is 198 g/mol. The summed E-state index contributed by atoms with van der Waals surface area (Å²) in [4.78, 5) is 17.2. The minimum atomic E-state index is -4.01. The molecule has 1 atom stereocenters. The molecule has 0 aromatic carbocycles. The summed E-state index contributed by atoms with van der Waals surface area (Å²) < 4.78 is 10.5. The average Bonchev–Trinajstić information content (AvgIpc) is 1.80. The predicted molar refractivity (Wildman–Crippen MR) is 41.9 cm³/mol. The molecule has 62 valence electrons. The van der Waals surface area contributed by atoms with Crippen LogP contribution in [-0.2, 0) is 4.57 Å². The van der Waals surface area contributed by atoms with E-state index in [1.165, 1.54) is 0 Å². The summed E-state index contributed by atoms with van der Waals surface area (Å²) in [5.74, 6) is 0.180. The largest absolute Gasteiger partial charge is 0.329 e. The summed E-state index contributed by atoms with van der Waals surface area (Å²) in [6.07, 6.45) is 0.259. The SMILES string of the molecule is O=P(O)(O)C(CCl)CCCl. The third kappa shape index (κ3) is 3.79. The van der Waals surface area contributed by atoms with Gasteiger partial charge in [0.05, 0.1) is 5.66 Å². The lowest BCUT2D eigenvalue weighted by molar-refractivity contribution is 0.360. The Bertz CT molecular complexity index is 134. The van der Waals surface area contributed by atoms with Gasteiger partial charge in [-0.05, 0) is 6.42 Å². The highest BCUT2D eigenvalue weighted by Gasteiger charge is 2.26. The fourth-order valence-electron chi connectivity index (χ4n) is 0.461. The van der Waals surface area contributed by atoms with Crippen LogP contribution < -0.4 is 0 Å². The maximum atomic E-state index is 10.5. The van der Waals surface area contributed by atoms with Crippen molar-refractivity contribution in [1.29, 1.82) is 0 Å². The zero-order chi connectivity index (χ0) is 8.20. The van der Waals surface area contributed by atoms with E-state index >= 15 is 0 Å². The molecule has 0 radical (unpaired) electrons. The van der Waals surface area contributed by atoms with Crippen molar-refractivity contribution in [3.8, 4) is 0 Å². The molecule has 0 aromatic heterocycles. The highest BCUT2D eigenvalue weighted by atomic mass is 35.5. The molecule has 0 saturated carbocycles. The van der Waals surface area contributed by atoms with Crippen LogP contribution in [0.3, 0.4) is 0 Å². The molecule has 0 aliphatic carbocycles. The maximum Gasteiger partial charge on any atom is 0.329 e. The van der Waals surface area contributed by atoms with Gasteiger partial charge in [-0.2, -0.15) is 0 Å². The first-order valence-corrected chi connectivity index (χ1v) is 5.44. The van der Waals surface area contributed by atoms with E-state index in [9.17, 15) is 4.57 Å². The molecule has 0 aliphatic rings. The summed E-state index contributed by atoms with van der Waals surface area (Å²) >= 11 is 10.6. The molecule has 0 spiro atoms. The average molecular weight is 207 g/mol. The zero-order valence-electron chi connectivity index (χ0n) is 5.20. The van der Waals surface area contributed by atoms with E-state index in [0.29, 0.717) is 0 Å². The van der Waals surface area contributed by atoms with Gasteiger partial charge >= 0.3 is 7.60 Å². The lowest BCUT2D eigenvalue weighted by Crippen LogP contribution is -2.10. The quantitative estimate of drug-likeness (QED) is 0.541. The maximum absolute atomic E-state index is 10.5. The molecule has 2 N–H and O–H groups in total. The fraction of sp³-hybridized carbons (Fsp3) is 1.00. The fourth-order valence-corrected chi connectivity index (χ4v) is 2.22. The minimum absolute atomic E-state index is 0.0446. The molecule has 0 aliphatic heterocycles. The molecule has 0 saturated heterocycles. The normalized spacial score (nSPS) is 15.2. The molecular formula is C4H9Cl2O3P. The molecule has 6 heteroatoms. The van der Waals surface area contributed by atoms with Gasteiger partial charge in [0.15, 0.2) is 0 Å². The summed E-state index contributed by atoms with van der Waals surface area (Å²) in [6, 6.07) is 0. The van der Waals surface area contributed by atoms with E-state index < -0.39 is 13.3 Å². The lowest BCUT2D eigenvalue weighted by Gasteiger charge is -2.12. The van der Waals surface area contributed by atoms with Gasteiger partial charge in [-0.15, -0.1) is 23.2 Å². The van der Waals surface area contributed by atoms with E-state index in [2.05, 4.69) is 0 Å². The van der Waals surface area contributed by atoms with Crippen molar-refractivity contribution in [3.63, 3.8) is 0 Å². The van der Waals surface area contributed by atoms with Crippen molar-refractivity contribution >= 4 is 30.8 Å². The number of hydrogen-bond acceptors (Lipinski definition) is 1. The summed E-state index contributed by atoms with van der Waals surface area (Å²) in [5.41, 5.74) is -0.785. The number of halogens is 2. The van der Waals surface area contributed by atoms with Crippen molar-refractivity contribution in [2.45, 2.75) is 12.1 Å². The molecule has 0 bridgehead atoms. The summed E-state index contributed by atoms with van der Waals surface area (Å²) in [7, 11) is -4.01. The monoisotopic (exact) mass is 206 g/mol. The molecule has 0 heterocycles. The van der Waals surface area contributed by atoms with Gasteiger partial charge in [0.1, 0.15) is 0 Å². The number of alkyl halides is 2. The van der Waals surface area contributed by atoms with Crippen LogP contribution in [0.5, 0.6) is 0 Å². The molecule has 3 nitrogen and oxygen atoms in total. The molecule has 1 unspecified atom stereocenters. The van der Waals surface area contributed by atoms with Crippen molar-refractivity contribution in [3.05, 3.63) is 0 Å². The van der Waals surface area contributed by atoms with Crippen molar-refractivity contribution < 1.29 is 14.4 Å². The van der Waals surface area contributed by atoms with Crippen LogP contribution in [0.25, 0.3) is 0 Å². The van der Waals surface area contributed by atoms with Gasteiger partial charge in [-0.3, -0.25) is 4.57 Å². The Morgan fingerprint density at radius 1 is 1.40 bits per heavy atom. The highest BCUT2D eigenvalue weighted by molar-refractivity contribution is 7.52. The second kappa shape index (κ2) is 4.58. The van der Waals surface area contributed by atoms with E-state index in [-0.39, 0.29) is 18.2 Å². The molecule has 0 fully saturated rings. The Hall–Kier alpha value is 0.730. The third-order valence-electron chi connectivity index (χ3n) is 1.10. The minimum Gasteiger partial charge on any atom is -0.324 e. The van der Waals surface area contributed by atoms with Crippen molar-refractivity contribution in [1.82, 2.24) is 0 Å². The number of rotatable bonds is 4. The molecule has 0 rings (SSSR count). The topological polar surface area (TPSA) is 57.5 Å². The number of hydrogen-bond donors (Lipinski definition) is 2. The van der Waals surface area contributed by atoms with E-state index in [1.807, 2.05) is 0 Å². The van der Waals surface area contributed by atoms with Crippen LogP contribution in [0.4, 0.5) is 0 Å². The summed E-state index contributed by atoms with van der Waals surface area (Å²) in [6.45, 7) is 0. The Kier molecular flexibility index (Phi) is 4.91. The first-order chi connectivity index (χ1) is 4.52. The van der Waals surface area contributed by atoms with Crippen LogP contribution in [0.1, 0.15) is 6.42 Å². The van der Waals surface area contributed by atoms with Crippen LogP contribution >= 0.6 is 30.8 Å². The molecule has 0 amide bonds. The van der Waals surface area contributed by atoms with Gasteiger partial charge in [-0.25, -0.2) is 0 Å². The Morgan fingerprint density at radius 3 is 2.00 bits per heavy atom. The van der Waals surface area contributed by atoms with Gasteiger partial charge in [0, 0.05) is 11.8 Å². The Balaban J connectivity index is 3.94. The first-order valence-electron chi connectivity index (χ1n) is 2.69. The van der Waals surface area contributed by atoms with Gasteiger partial charge in [0.25, 0.3) is 0 Å². The Labute approximate surface area is 69.5 Å². The van der Waals surface area contributed by atoms with Crippen molar-refractivity contribution in [2.24, 2.45) is 0 Å². The third-order valence-corrected chi connectivity index (χ3v) is 3.29. The van der Waals surface area contributed by atoms with Crippen LogP contribution in [0.2, 0.25) is 0 Å². The molecule has 0 aromatic rings. The summed E-state index contributed by atoms with van der Waals surface area (Å²) in [5, 5.41) is 0. The standard InChI is InChI=1S/C4H9Cl2O3P/c5-2-1-4(3-6)10(7,8)9/h4H,1-3H2,(H2,7,8,9). The second-order valence-electron chi connectivity index (χ2n) is 1.87. The van der Waals surface area contributed by atoms with Gasteiger partial charge < -0.3 is 9.79 Å². The smallest absolute Gasteiger partial charge is 0.324 e. The van der Waals surface area contributed by atoms with Gasteiger partial charge in [0.2, 0.25) is 0 Å². The lowest BCUT2D eigenvalue weighted by atomic mass is 10.4. The second-order valence-corrected chi connectivity index (χ2v) is 4.47. The van der Waals surface area contributed by atoms with E-state index in [4.69, 9.17) is 33.0 Å². The highest BCUT2D eigenvalue weighted by Crippen LogP contribution is 2.43. The van der Waals surface area contributed by atoms with Crippen LogP contribution in [0, 0.1) is 0 Å². The van der Waals surface area contributed by atoms with E-state index in [0.717, 1.165) is 0 Å². The van der Waals surface area contributed by atoms with Crippen LogP contribution in [0.15, 0.2) is 0 Å². The predicted octanol–water partition coefficient (Wildman–Crippen LogP) is 1.40. The van der Waals surface area contributed by atoms with Crippen LogP contribution in [-0.4, -0.2) is 27.2 Å². The van der Waals surface area contributed by atoms with Gasteiger partial charge in [-0.1, -0.05) is 0 Å². The first kappa shape index (κ1) is 10.7. The Morgan fingerprint density at radius 2 is 1.90 bits per heavy atom. The van der Waals surface area contributed by atoms with E-state index in [1.54, 1.807) is 0 Å².